The number of rotatable bonds is 5. The molecule has 0 amide bonds. The Morgan fingerprint density at radius 3 is 2.38 bits per heavy atom. The summed E-state index contributed by atoms with van der Waals surface area (Å²) in [5.41, 5.74) is 2.29. The smallest absolute Gasteiger partial charge is 0.0219 e. The Bertz CT molecular complexity index is 226. The first-order valence-electron chi connectivity index (χ1n) is 4.81. The lowest BCUT2D eigenvalue weighted by Crippen LogP contribution is -1.93. The van der Waals surface area contributed by atoms with E-state index < -0.39 is 0 Å². The molecule has 0 unspecified atom stereocenters. The monoisotopic (exact) mass is 176 g/mol. The normalized spacial score (nSPS) is 12.5. The van der Waals surface area contributed by atoms with Gasteiger partial charge in [0, 0.05) is 0 Å². The van der Waals surface area contributed by atoms with Gasteiger partial charge in [-0.15, -0.1) is 0 Å². The molecular weight excluding hydrogens is 156 g/mol. The van der Waals surface area contributed by atoms with Gasteiger partial charge in [0.2, 0.25) is 0 Å². The molecule has 0 heteroatoms. The first kappa shape index (κ1) is 12.0. The highest BCUT2D eigenvalue weighted by Crippen LogP contribution is 2.17. The third-order valence-electron chi connectivity index (χ3n) is 1.94. The van der Waals surface area contributed by atoms with Crippen molar-refractivity contribution in [1.29, 1.82) is 0 Å². The second-order valence-corrected chi connectivity index (χ2v) is 3.34. The van der Waals surface area contributed by atoms with Gasteiger partial charge in [-0.1, -0.05) is 58.2 Å². The predicted octanol–water partition coefficient (Wildman–Crippen LogP) is 4.28. The first-order chi connectivity index (χ1) is 6.13. The van der Waals surface area contributed by atoms with Crippen LogP contribution in [0.3, 0.4) is 0 Å². The Labute approximate surface area is 82.4 Å². The van der Waals surface area contributed by atoms with Crippen LogP contribution in [0.15, 0.2) is 48.6 Å². The summed E-state index contributed by atoms with van der Waals surface area (Å²) in [6, 6.07) is 0. The summed E-state index contributed by atoms with van der Waals surface area (Å²) in [6.07, 6.45) is 9.18. The molecule has 0 bridgehead atoms. The zero-order valence-electron chi connectivity index (χ0n) is 9.01. The van der Waals surface area contributed by atoms with Crippen molar-refractivity contribution in [2.45, 2.75) is 27.2 Å². The Hall–Kier alpha value is -1.04. The SMILES string of the molecule is C=CC(=CC=CCC)C(=C)C(C)C. The molecule has 0 heterocycles. The van der Waals surface area contributed by atoms with Crippen LogP contribution in [0, 0.1) is 5.92 Å². The minimum Gasteiger partial charge on any atom is -0.0985 e. The van der Waals surface area contributed by atoms with Crippen LogP contribution in [0.1, 0.15) is 27.2 Å². The van der Waals surface area contributed by atoms with E-state index in [1.807, 2.05) is 6.08 Å². The largest absolute Gasteiger partial charge is 0.0985 e. The highest BCUT2D eigenvalue weighted by atomic mass is 14.1. The molecule has 0 aliphatic heterocycles. The average molecular weight is 176 g/mol. The van der Waals surface area contributed by atoms with Gasteiger partial charge < -0.3 is 0 Å². The van der Waals surface area contributed by atoms with E-state index in [4.69, 9.17) is 0 Å². The number of hydrogen-bond donors (Lipinski definition) is 0. The first-order valence-corrected chi connectivity index (χ1v) is 4.81. The summed E-state index contributed by atoms with van der Waals surface area (Å²) in [6.45, 7) is 14.2. The van der Waals surface area contributed by atoms with Crippen molar-refractivity contribution in [3.8, 4) is 0 Å². The molecule has 72 valence electrons. The van der Waals surface area contributed by atoms with Crippen molar-refractivity contribution in [3.63, 3.8) is 0 Å². The fourth-order valence-electron chi connectivity index (χ4n) is 0.947. The molecule has 0 saturated heterocycles. The van der Waals surface area contributed by atoms with E-state index >= 15 is 0 Å². The molecule has 0 fully saturated rings. The van der Waals surface area contributed by atoms with E-state index in [1.165, 1.54) is 0 Å². The lowest BCUT2D eigenvalue weighted by atomic mass is 9.96. The van der Waals surface area contributed by atoms with Crippen molar-refractivity contribution >= 4 is 0 Å². The van der Waals surface area contributed by atoms with Crippen molar-refractivity contribution < 1.29 is 0 Å². The molecule has 0 nitrogen and oxygen atoms in total. The van der Waals surface area contributed by atoms with Crippen LogP contribution in [-0.2, 0) is 0 Å². The summed E-state index contributed by atoms with van der Waals surface area (Å²) in [4.78, 5) is 0. The van der Waals surface area contributed by atoms with Gasteiger partial charge in [-0.25, -0.2) is 0 Å². The summed E-state index contributed by atoms with van der Waals surface area (Å²) in [7, 11) is 0. The average Bonchev–Trinajstić information content (AvgIpc) is 2.11. The lowest BCUT2D eigenvalue weighted by Gasteiger charge is -2.09. The predicted molar refractivity (Wildman–Crippen MR) is 61.7 cm³/mol. The van der Waals surface area contributed by atoms with Gasteiger partial charge in [-0.05, 0) is 23.5 Å². The van der Waals surface area contributed by atoms with Crippen LogP contribution in [0.5, 0.6) is 0 Å². The lowest BCUT2D eigenvalue weighted by molar-refractivity contribution is 0.787. The highest BCUT2D eigenvalue weighted by Gasteiger charge is 2.01. The van der Waals surface area contributed by atoms with E-state index in [0.717, 1.165) is 17.6 Å². The zero-order valence-corrected chi connectivity index (χ0v) is 9.01. The quantitative estimate of drug-likeness (QED) is 0.548. The summed E-state index contributed by atoms with van der Waals surface area (Å²) in [5, 5.41) is 0. The van der Waals surface area contributed by atoms with Gasteiger partial charge in [0.15, 0.2) is 0 Å². The number of hydrogen-bond acceptors (Lipinski definition) is 0. The molecule has 0 aromatic rings. The van der Waals surface area contributed by atoms with Gasteiger partial charge in [0.1, 0.15) is 0 Å². The molecule has 0 atom stereocenters. The third-order valence-corrected chi connectivity index (χ3v) is 1.94. The standard InChI is InChI=1S/C13H20/c1-6-8-9-10-13(7-2)12(5)11(3)4/h7-11H,2,5-6H2,1,3-4H3. The Balaban J connectivity index is 4.50. The maximum atomic E-state index is 4.03. The minimum atomic E-state index is 0.485. The van der Waals surface area contributed by atoms with Gasteiger partial charge in [0.25, 0.3) is 0 Å². The Morgan fingerprint density at radius 2 is 2.00 bits per heavy atom. The third kappa shape index (κ3) is 4.51. The topological polar surface area (TPSA) is 0 Å². The molecule has 0 aliphatic rings. The van der Waals surface area contributed by atoms with Crippen LogP contribution in [0.4, 0.5) is 0 Å². The van der Waals surface area contributed by atoms with E-state index in [0.29, 0.717) is 5.92 Å². The molecule has 0 aromatic heterocycles. The molecule has 0 N–H and O–H groups in total. The van der Waals surface area contributed by atoms with E-state index in [-0.39, 0.29) is 0 Å². The summed E-state index contributed by atoms with van der Waals surface area (Å²) >= 11 is 0. The summed E-state index contributed by atoms with van der Waals surface area (Å²) < 4.78 is 0. The zero-order chi connectivity index (χ0) is 10.3. The van der Waals surface area contributed by atoms with Crippen molar-refractivity contribution in [2.24, 2.45) is 5.92 Å². The van der Waals surface area contributed by atoms with Crippen LogP contribution in [-0.4, -0.2) is 0 Å². The van der Waals surface area contributed by atoms with Gasteiger partial charge in [0.05, 0.1) is 0 Å². The van der Waals surface area contributed by atoms with Crippen LogP contribution in [0.2, 0.25) is 0 Å². The second kappa shape index (κ2) is 6.47. The number of allylic oxidation sites excluding steroid dienone is 6. The fourth-order valence-corrected chi connectivity index (χ4v) is 0.947. The van der Waals surface area contributed by atoms with Crippen molar-refractivity contribution in [1.82, 2.24) is 0 Å². The van der Waals surface area contributed by atoms with Gasteiger partial charge in [-0.2, -0.15) is 0 Å². The van der Waals surface area contributed by atoms with Crippen LogP contribution >= 0.6 is 0 Å². The van der Waals surface area contributed by atoms with Crippen LogP contribution in [0.25, 0.3) is 0 Å². The molecular formula is C13H20. The van der Waals surface area contributed by atoms with Gasteiger partial charge in [-0.3, -0.25) is 0 Å². The highest BCUT2D eigenvalue weighted by molar-refractivity contribution is 5.40. The van der Waals surface area contributed by atoms with Gasteiger partial charge >= 0.3 is 0 Å². The molecule has 0 aromatic carbocycles. The molecule has 13 heavy (non-hydrogen) atoms. The minimum absolute atomic E-state index is 0.485. The maximum absolute atomic E-state index is 4.03. The maximum Gasteiger partial charge on any atom is -0.0219 e. The summed E-state index contributed by atoms with van der Waals surface area (Å²) in [5.74, 6) is 0.485. The van der Waals surface area contributed by atoms with E-state index in [1.54, 1.807) is 0 Å². The Kier molecular flexibility index (Phi) is 5.96. The van der Waals surface area contributed by atoms with Crippen molar-refractivity contribution in [3.05, 3.63) is 48.6 Å². The molecule has 0 radical (unpaired) electrons. The Morgan fingerprint density at radius 1 is 1.38 bits per heavy atom. The van der Waals surface area contributed by atoms with E-state index in [9.17, 15) is 0 Å². The van der Waals surface area contributed by atoms with E-state index in [2.05, 4.69) is 52.2 Å². The second-order valence-electron chi connectivity index (χ2n) is 3.34. The molecule has 0 spiro atoms. The molecule has 0 saturated carbocycles. The molecule has 0 rings (SSSR count). The molecule has 0 aliphatic carbocycles. The van der Waals surface area contributed by atoms with Crippen LogP contribution < -0.4 is 0 Å². The fraction of sp³-hybridized carbons (Fsp3) is 0.385. The van der Waals surface area contributed by atoms with Crippen molar-refractivity contribution in [2.75, 3.05) is 0 Å².